The van der Waals surface area contributed by atoms with Crippen molar-refractivity contribution in [3.63, 3.8) is 0 Å². The molecule has 0 spiro atoms. The molecule has 2 aromatic rings. The number of aromatic nitrogens is 2. The predicted molar refractivity (Wildman–Crippen MR) is 81.4 cm³/mol. The van der Waals surface area contributed by atoms with Crippen LogP contribution in [0.15, 0.2) is 28.7 Å². The van der Waals surface area contributed by atoms with Crippen LogP contribution < -0.4 is 4.90 Å². The van der Waals surface area contributed by atoms with Crippen LogP contribution in [0, 0.1) is 11.8 Å². The van der Waals surface area contributed by atoms with Crippen LogP contribution in [0.2, 0.25) is 0 Å². The fraction of sp³-hybridized carbons (Fsp3) is 0.467. The highest BCUT2D eigenvalue weighted by atomic mass is 32.1. The van der Waals surface area contributed by atoms with Crippen LogP contribution in [-0.4, -0.2) is 34.1 Å². The van der Waals surface area contributed by atoms with E-state index >= 15 is 0 Å². The summed E-state index contributed by atoms with van der Waals surface area (Å²) in [6, 6.07) is 8.02. The highest BCUT2D eigenvalue weighted by Gasteiger charge is 2.22. The minimum atomic E-state index is -0.216. The molecule has 0 bridgehead atoms. The molecule has 1 saturated heterocycles. The lowest BCUT2D eigenvalue weighted by Gasteiger charge is -2.26. The summed E-state index contributed by atoms with van der Waals surface area (Å²) in [5, 5.41) is 14.2. The molecule has 1 aromatic carbocycles. The predicted octanol–water partition coefficient (Wildman–Crippen LogP) is 1.18. The topological polar surface area (TPSA) is 55.6 Å². The molecule has 0 aliphatic carbocycles. The SMILES string of the molecule is Cc1ccc(-c2nn(C[NH+]3CCC[C@@H](O)C3)c(=S)o2)cc1. The number of piperidine rings is 1. The second-order valence-electron chi connectivity index (χ2n) is 5.70. The molecule has 2 heterocycles. The van der Waals surface area contributed by atoms with Gasteiger partial charge >= 0.3 is 0 Å². The van der Waals surface area contributed by atoms with Crippen molar-refractivity contribution in [2.75, 3.05) is 13.1 Å². The van der Waals surface area contributed by atoms with Crippen molar-refractivity contribution in [2.24, 2.45) is 0 Å². The summed E-state index contributed by atoms with van der Waals surface area (Å²) in [5.41, 5.74) is 2.13. The lowest BCUT2D eigenvalue weighted by atomic mass is 10.1. The Balaban J connectivity index is 1.78. The van der Waals surface area contributed by atoms with Crippen molar-refractivity contribution in [2.45, 2.75) is 32.5 Å². The zero-order chi connectivity index (χ0) is 14.8. The number of aliphatic hydroxyl groups excluding tert-OH is 1. The smallest absolute Gasteiger partial charge is 0.292 e. The Morgan fingerprint density at radius 3 is 2.90 bits per heavy atom. The van der Waals surface area contributed by atoms with Crippen molar-refractivity contribution in [1.82, 2.24) is 9.78 Å². The minimum absolute atomic E-state index is 0.216. The van der Waals surface area contributed by atoms with Crippen molar-refractivity contribution in [1.29, 1.82) is 0 Å². The monoisotopic (exact) mass is 306 g/mol. The molecule has 2 atom stereocenters. The lowest BCUT2D eigenvalue weighted by Crippen LogP contribution is -3.13. The van der Waals surface area contributed by atoms with Gasteiger partial charge in [0.1, 0.15) is 12.6 Å². The van der Waals surface area contributed by atoms with E-state index in [0.29, 0.717) is 17.4 Å². The van der Waals surface area contributed by atoms with Crippen molar-refractivity contribution in [3.05, 3.63) is 34.7 Å². The number of aryl methyl sites for hydroxylation is 1. The maximum atomic E-state index is 9.74. The van der Waals surface area contributed by atoms with Gasteiger partial charge < -0.3 is 14.4 Å². The van der Waals surface area contributed by atoms with Crippen LogP contribution in [0.5, 0.6) is 0 Å². The maximum absolute atomic E-state index is 9.74. The van der Waals surface area contributed by atoms with E-state index in [1.54, 1.807) is 4.68 Å². The van der Waals surface area contributed by atoms with E-state index in [0.717, 1.165) is 31.5 Å². The van der Waals surface area contributed by atoms with Crippen molar-refractivity contribution < 1.29 is 14.4 Å². The quantitative estimate of drug-likeness (QED) is 0.836. The molecule has 112 valence electrons. The van der Waals surface area contributed by atoms with Gasteiger partial charge in [-0.2, -0.15) is 4.68 Å². The van der Waals surface area contributed by atoms with Crippen LogP contribution >= 0.6 is 12.2 Å². The molecule has 0 saturated carbocycles. The third-order valence-electron chi connectivity index (χ3n) is 3.87. The Hall–Kier alpha value is -1.50. The Bertz CT molecular complexity index is 662. The number of benzene rings is 1. The third kappa shape index (κ3) is 3.40. The van der Waals surface area contributed by atoms with E-state index in [4.69, 9.17) is 16.6 Å². The standard InChI is InChI=1S/C15H19N3O2S/c1-11-4-6-12(7-5-11)14-16-18(15(21)20-14)10-17-8-2-3-13(19)9-17/h4-7,13,19H,2-3,8-10H2,1H3/p+1/t13-/m1/s1. The first-order valence-electron chi connectivity index (χ1n) is 7.28. The Labute approximate surface area is 128 Å². The van der Waals surface area contributed by atoms with E-state index < -0.39 is 0 Å². The van der Waals surface area contributed by atoms with E-state index in [-0.39, 0.29) is 6.10 Å². The molecule has 2 N–H and O–H groups in total. The number of rotatable bonds is 3. The largest absolute Gasteiger partial charge is 0.409 e. The maximum Gasteiger partial charge on any atom is 0.292 e. The van der Waals surface area contributed by atoms with Crippen LogP contribution in [0.3, 0.4) is 0 Å². The average Bonchev–Trinajstić information content (AvgIpc) is 2.81. The second-order valence-corrected chi connectivity index (χ2v) is 6.05. The Kier molecular flexibility index (Phi) is 4.19. The minimum Gasteiger partial charge on any atom is -0.409 e. The van der Waals surface area contributed by atoms with Crippen molar-refractivity contribution in [3.8, 4) is 11.5 Å². The van der Waals surface area contributed by atoms with Crippen molar-refractivity contribution >= 4 is 12.2 Å². The number of nitrogens with one attached hydrogen (secondary N) is 1. The molecule has 5 nitrogen and oxygen atoms in total. The van der Waals surface area contributed by atoms with E-state index in [9.17, 15) is 5.11 Å². The highest BCUT2D eigenvalue weighted by molar-refractivity contribution is 7.71. The molecule has 21 heavy (non-hydrogen) atoms. The molecule has 1 aromatic heterocycles. The molecule has 1 aliphatic rings. The molecule has 0 radical (unpaired) electrons. The first-order valence-corrected chi connectivity index (χ1v) is 7.69. The summed E-state index contributed by atoms with van der Waals surface area (Å²) < 4.78 is 7.32. The van der Waals surface area contributed by atoms with Crippen LogP contribution in [0.25, 0.3) is 11.5 Å². The zero-order valence-corrected chi connectivity index (χ0v) is 12.9. The van der Waals surface area contributed by atoms with E-state index in [2.05, 4.69) is 5.10 Å². The number of hydrogen-bond acceptors (Lipinski definition) is 4. The number of quaternary nitrogens is 1. The summed E-state index contributed by atoms with van der Waals surface area (Å²) in [6.07, 6.45) is 1.71. The number of hydrogen-bond donors (Lipinski definition) is 2. The van der Waals surface area contributed by atoms with Gasteiger partial charge in [0.15, 0.2) is 6.67 Å². The van der Waals surface area contributed by atoms with Crippen LogP contribution in [0.4, 0.5) is 0 Å². The summed E-state index contributed by atoms with van der Waals surface area (Å²) in [6.45, 7) is 4.47. The van der Waals surface area contributed by atoms with Gasteiger partial charge in [-0.25, -0.2) is 0 Å². The molecule has 1 aliphatic heterocycles. The Morgan fingerprint density at radius 2 is 2.19 bits per heavy atom. The van der Waals surface area contributed by atoms with Gasteiger partial charge in [0, 0.05) is 5.56 Å². The molecular weight excluding hydrogens is 286 g/mol. The van der Waals surface area contributed by atoms with Crippen LogP contribution in [-0.2, 0) is 6.67 Å². The first kappa shape index (κ1) is 14.4. The van der Waals surface area contributed by atoms with Gasteiger partial charge in [-0.15, -0.1) is 5.10 Å². The summed E-state index contributed by atoms with van der Waals surface area (Å²) >= 11 is 5.25. The molecular formula is C15H20N3O2S+. The second kappa shape index (κ2) is 6.09. The van der Waals surface area contributed by atoms with Gasteiger partial charge in [-0.05, 0) is 44.1 Å². The number of nitrogens with zero attached hydrogens (tertiary/aromatic N) is 2. The van der Waals surface area contributed by atoms with E-state index in [1.807, 2.05) is 31.2 Å². The fourth-order valence-corrected chi connectivity index (χ4v) is 2.88. The molecule has 1 fully saturated rings. The molecule has 1 unspecified atom stereocenters. The Morgan fingerprint density at radius 1 is 1.43 bits per heavy atom. The van der Waals surface area contributed by atoms with Crippen LogP contribution in [0.1, 0.15) is 18.4 Å². The zero-order valence-electron chi connectivity index (χ0n) is 12.1. The summed E-state index contributed by atoms with van der Waals surface area (Å²) in [4.78, 5) is 1.67. The number of aliphatic hydroxyl groups is 1. The third-order valence-corrected chi connectivity index (χ3v) is 4.16. The lowest BCUT2D eigenvalue weighted by molar-refractivity contribution is -0.931. The van der Waals surface area contributed by atoms with Gasteiger partial charge in [0.05, 0.1) is 6.54 Å². The van der Waals surface area contributed by atoms with Gasteiger partial charge in [-0.3, -0.25) is 0 Å². The summed E-state index contributed by atoms with van der Waals surface area (Å²) in [5.74, 6) is 0.553. The molecule has 6 heteroatoms. The molecule has 3 rings (SSSR count). The number of likely N-dealkylation sites (tertiary alicyclic amines) is 1. The van der Waals surface area contributed by atoms with Gasteiger partial charge in [0.2, 0.25) is 5.89 Å². The van der Waals surface area contributed by atoms with Gasteiger partial charge in [0.25, 0.3) is 4.84 Å². The normalized spacial score (nSPS) is 22.4. The fourth-order valence-electron chi connectivity index (χ4n) is 2.70. The first-order chi connectivity index (χ1) is 10.1. The van der Waals surface area contributed by atoms with Gasteiger partial charge in [-0.1, -0.05) is 17.7 Å². The highest BCUT2D eigenvalue weighted by Crippen LogP contribution is 2.17. The molecule has 0 amide bonds. The summed E-state index contributed by atoms with van der Waals surface area (Å²) in [7, 11) is 0. The van der Waals surface area contributed by atoms with E-state index in [1.165, 1.54) is 10.5 Å². The average molecular weight is 306 g/mol.